The highest BCUT2D eigenvalue weighted by atomic mass is 16.5. The number of hydrogen-bond acceptors (Lipinski definition) is 4. The van der Waals surface area contributed by atoms with E-state index >= 15 is 0 Å². The van der Waals surface area contributed by atoms with Crippen LogP contribution >= 0.6 is 0 Å². The van der Waals surface area contributed by atoms with E-state index in [9.17, 15) is 4.79 Å². The fraction of sp³-hybridized carbons (Fsp3) is 0.571. The Hall–Kier alpha value is -1.39. The van der Waals surface area contributed by atoms with Crippen LogP contribution in [0.3, 0.4) is 0 Å². The Balaban J connectivity index is 2.22. The SMILES string of the molecule is CCOC(=O)CCn1cncn1. The summed E-state index contributed by atoms with van der Waals surface area (Å²) in [4.78, 5) is 14.6. The van der Waals surface area contributed by atoms with Crippen LogP contribution in [-0.4, -0.2) is 27.3 Å². The largest absolute Gasteiger partial charge is 0.466 e. The molecular weight excluding hydrogens is 158 g/mol. The van der Waals surface area contributed by atoms with Crippen LogP contribution in [-0.2, 0) is 16.1 Å². The van der Waals surface area contributed by atoms with Gasteiger partial charge in [-0.25, -0.2) is 4.98 Å². The van der Waals surface area contributed by atoms with Gasteiger partial charge in [-0.15, -0.1) is 0 Å². The lowest BCUT2D eigenvalue weighted by Gasteiger charge is -2.00. The minimum atomic E-state index is -0.201. The summed E-state index contributed by atoms with van der Waals surface area (Å²) in [5, 5.41) is 3.85. The Morgan fingerprint density at radius 3 is 3.08 bits per heavy atom. The molecule has 0 amide bonds. The molecule has 1 aromatic heterocycles. The first-order valence-electron chi connectivity index (χ1n) is 3.81. The van der Waals surface area contributed by atoms with Gasteiger partial charge >= 0.3 is 5.97 Å². The summed E-state index contributed by atoms with van der Waals surface area (Å²) >= 11 is 0. The predicted octanol–water partition coefficient (Wildman–Crippen LogP) is 0.231. The number of aryl methyl sites for hydroxylation is 1. The molecule has 12 heavy (non-hydrogen) atoms. The zero-order valence-electron chi connectivity index (χ0n) is 6.93. The molecule has 0 saturated carbocycles. The normalized spacial score (nSPS) is 9.75. The molecule has 5 heteroatoms. The fourth-order valence-corrected chi connectivity index (χ4v) is 0.787. The quantitative estimate of drug-likeness (QED) is 0.605. The first-order chi connectivity index (χ1) is 5.83. The standard InChI is InChI=1S/C7H11N3O2/c1-2-12-7(11)3-4-10-6-8-5-9-10/h5-6H,2-4H2,1H3. The molecule has 0 aromatic carbocycles. The predicted molar refractivity (Wildman–Crippen MR) is 41.3 cm³/mol. The number of aromatic nitrogens is 3. The molecule has 0 N–H and O–H groups in total. The molecule has 0 atom stereocenters. The molecule has 0 unspecified atom stereocenters. The summed E-state index contributed by atoms with van der Waals surface area (Å²) in [6.07, 6.45) is 3.35. The van der Waals surface area contributed by atoms with Crippen LogP contribution in [0.15, 0.2) is 12.7 Å². The lowest BCUT2D eigenvalue weighted by molar-refractivity contribution is -0.143. The third-order valence-electron chi connectivity index (χ3n) is 1.32. The van der Waals surface area contributed by atoms with Crippen LogP contribution in [0.25, 0.3) is 0 Å². The van der Waals surface area contributed by atoms with Crippen LogP contribution < -0.4 is 0 Å². The Bertz CT molecular complexity index is 233. The van der Waals surface area contributed by atoms with E-state index in [1.807, 2.05) is 0 Å². The van der Waals surface area contributed by atoms with Crippen LogP contribution in [0.4, 0.5) is 0 Å². The van der Waals surface area contributed by atoms with E-state index in [4.69, 9.17) is 4.74 Å². The van der Waals surface area contributed by atoms with Gasteiger partial charge in [0.2, 0.25) is 0 Å². The lowest BCUT2D eigenvalue weighted by Crippen LogP contribution is -2.09. The van der Waals surface area contributed by atoms with Gasteiger partial charge in [-0.05, 0) is 6.92 Å². The number of rotatable bonds is 4. The van der Waals surface area contributed by atoms with Gasteiger partial charge in [0, 0.05) is 0 Å². The molecule has 66 valence electrons. The zero-order valence-corrected chi connectivity index (χ0v) is 6.93. The van der Waals surface area contributed by atoms with Gasteiger partial charge in [0.1, 0.15) is 12.7 Å². The van der Waals surface area contributed by atoms with E-state index in [2.05, 4.69) is 10.1 Å². The van der Waals surface area contributed by atoms with Crippen molar-refractivity contribution in [3.8, 4) is 0 Å². The second-order valence-corrected chi connectivity index (χ2v) is 2.21. The second kappa shape index (κ2) is 4.48. The molecule has 5 nitrogen and oxygen atoms in total. The van der Waals surface area contributed by atoms with Crippen LogP contribution in [0.2, 0.25) is 0 Å². The number of ether oxygens (including phenoxy) is 1. The fourth-order valence-electron chi connectivity index (χ4n) is 0.787. The third-order valence-corrected chi connectivity index (χ3v) is 1.32. The van der Waals surface area contributed by atoms with Crippen molar-refractivity contribution in [2.75, 3.05) is 6.61 Å². The topological polar surface area (TPSA) is 57.0 Å². The molecular formula is C7H11N3O2. The van der Waals surface area contributed by atoms with Gasteiger partial charge in [-0.3, -0.25) is 9.48 Å². The number of carbonyl (C=O) groups excluding carboxylic acids is 1. The van der Waals surface area contributed by atoms with E-state index in [0.29, 0.717) is 19.6 Å². The maximum atomic E-state index is 10.9. The Kier molecular flexibility index (Phi) is 3.25. The Morgan fingerprint density at radius 2 is 2.50 bits per heavy atom. The van der Waals surface area contributed by atoms with Crippen molar-refractivity contribution in [3.63, 3.8) is 0 Å². The van der Waals surface area contributed by atoms with Crippen LogP contribution in [0.5, 0.6) is 0 Å². The summed E-state index contributed by atoms with van der Waals surface area (Å²) in [6.45, 7) is 2.74. The molecule has 1 rings (SSSR count). The minimum absolute atomic E-state index is 0.201. The molecule has 0 bridgehead atoms. The molecule has 0 aliphatic rings. The summed E-state index contributed by atoms with van der Waals surface area (Å²) < 4.78 is 6.33. The Labute approximate surface area is 70.4 Å². The second-order valence-electron chi connectivity index (χ2n) is 2.21. The summed E-state index contributed by atoms with van der Waals surface area (Å²) in [5.41, 5.74) is 0. The average Bonchev–Trinajstić information content (AvgIpc) is 2.53. The minimum Gasteiger partial charge on any atom is -0.466 e. The number of nitrogens with zero attached hydrogens (tertiary/aromatic N) is 3. The van der Waals surface area contributed by atoms with Crippen molar-refractivity contribution in [1.82, 2.24) is 14.8 Å². The first kappa shape index (κ1) is 8.70. The van der Waals surface area contributed by atoms with E-state index in [-0.39, 0.29) is 5.97 Å². The molecule has 0 radical (unpaired) electrons. The smallest absolute Gasteiger partial charge is 0.307 e. The van der Waals surface area contributed by atoms with Crippen molar-refractivity contribution >= 4 is 5.97 Å². The zero-order chi connectivity index (χ0) is 8.81. The summed E-state index contributed by atoms with van der Waals surface area (Å²) in [7, 11) is 0. The van der Waals surface area contributed by atoms with Crippen molar-refractivity contribution in [2.45, 2.75) is 19.9 Å². The third kappa shape index (κ3) is 2.69. The van der Waals surface area contributed by atoms with Gasteiger partial charge in [-0.2, -0.15) is 5.10 Å². The molecule has 0 saturated heterocycles. The van der Waals surface area contributed by atoms with E-state index in [0.717, 1.165) is 0 Å². The van der Waals surface area contributed by atoms with Gasteiger partial charge in [-0.1, -0.05) is 0 Å². The molecule has 1 aromatic rings. The van der Waals surface area contributed by atoms with Crippen molar-refractivity contribution in [2.24, 2.45) is 0 Å². The van der Waals surface area contributed by atoms with E-state index < -0.39 is 0 Å². The van der Waals surface area contributed by atoms with E-state index in [1.165, 1.54) is 6.33 Å². The maximum Gasteiger partial charge on any atom is 0.307 e. The number of esters is 1. The highest BCUT2D eigenvalue weighted by molar-refractivity contribution is 5.69. The highest BCUT2D eigenvalue weighted by Crippen LogP contribution is 1.90. The summed E-state index contributed by atoms with van der Waals surface area (Å²) in [5.74, 6) is -0.201. The van der Waals surface area contributed by atoms with Gasteiger partial charge < -0.3 is 4.74 Å². The molecule has 0 spiro atoms. The van der Waals surface area contributed by atoms with Crippen LogP contribution in [0.1, 0.15) is 13.3 Å². The Morgan fingerprint density at radius 1 is 1.67 bits per heavy atom. The van der Waals surface area contributed by atoms with Crippen molar-refractivity contribution in [3.05, 3.63) is 12.7 Å². The number of hydrogen-bond donors (Lipinski definition) is 0. The first-order valence-corrected chi connectivity index (χ1v) is 3.81. The average molecular weight is 169 g/mol. The maximum absolute atomic E-state index is 10.9. The summed E-state index contributed by atoms with van der Waals surface area (Å²) in [6, 6.07) is 0. The van der Waals surface area contributed by atoms with Crippen molar-refractivity contribution < 1.29 is 9.53 Å². The van der Waals surface area contributed by atoms with E-state index in [1.54, 1.807) is 17.9 Å². The van der Waals surface area contributed by atoms with Crippen LogP contribution in [0, 0.1) is 0 Å². The van der Waals surface area contributed by atoms with Gasteiger partial charge in [0.05, 0.1) is 19.6 Å². The number of carbonyl (C=O) groups is 1. The highest BCUT2D eigenvalue weighted by Gasteiger charge is 2.01. The van der Waals surface area contributed by atoms with Gasteiger partial charge in [0.25, 0.3) is 0 Å². The molecule has 0 aliphatic heterocycles. The molecule has 0 fully saturated rings. The molecule has 1 heterocycles. The monoisotopic (exact) mass is 169 g/mol. The lowest BCUT2D eigenvalue weighted by atomic mass is 10.4. The molecule has 0 aliphatic carbocycles. The van der Waals surface area contributed by atoms with Gasteiger partial charge in [0.15, 0.2) is 0 Å². The van der Waals surface area contributed by atoms with Crippen molar-refractivity contribution in [1.29, 1.82) is 0 Å².